The fourth-order valence-corrected chi connectivity index (χ4v) is 4.41. The summed E-state index contributed by atoms with van der Waals surface area (Å²) in [7, 11) is 0. The van der Waals surface area contributed by atoms with E-state index in [4.69, 9.17) is 23.2 Å². The van der Waals surface area contributed by atoms with Gasteiger partial charge in [-0.05, 0) is 47.5 Å². The van der Waals surface area contributed by atoms with E-state index in [0.29, 0.717) is 32.1 Å². The molecule has 0 bridgehead atoms. The molecular weight excluding hydrogens is 468 g/mol. The van der Waals surface area contributed by atoms with E-state index in [-0.39, 0.29) is 11.4 Å². The summed E-state index contributed by atoms with van der Waals surface area (Å²) in [6.45, 7) is 0. The Balaban J connectivity index is 1.72. The SMILES string of the molecule is N#Cc1ccccc1CSC1=NC(=Cc2ccc(Cl)c(Cl)c2)C(=O)N1c1ccccc1F. The van der Waals surface area contributed by atoms with Crippen LogP contribution in [-0.4, -0.2) is 11.1 Å². The highest BCUT2D eigenvalue weighted by molar-refractivity contribution is 8.13. The third-order valence-electron chi connectivity index (χ3n) is 4.66. The van der Waals surface area contributed by atoms with Crippen molar-refractivity contribution in [2.75, 3.05) is 4.90 Å². The van der Waals surface area contributed by atoms with Gasteiger partial charge in [0.25, 0.3) is 5.91 Å². The zero-order valence-electron chi connectivity index (χ0n) is 16.4. The molecule has 1 heterocycles. The highest BCUT2D eigenvalue weighted by atomic mass is 35.5. The molecule has 3 aromatic carbocycles. The molecule has 158 valence electrons. The molecule has 0 N–H and O–H groups in total. The largest absolute Gasteiger partial charge is 0.283 e. The van der Waals surface area contributed by atoms with Gasteiger partial charge in [-0.25, -0.2) is 9.38 Å². The van der Waals surface area contributed by atoms with E-state index in [2.05, 4.69) is 11.1 Å². The molecule has 4 nitrogen and oxygen atoms in total. The zero-order valence-corrected chi connectivity index (χ0v) is 18.8. The third-order valence-corrected chi connectivity index (χ3v) is 6.39. The Kier molecular flexibility index (Phi) is 6.61. The lowest BCUT2D eigenvalue weighted by molar-refractivity contribution is -0.113. The smallest absolute Gasteiger partial charge is 0.266 e. The summed E-state index contributed by atoms with van der Waals surface area (Å²) in [4.78, 5) is 18.9. The Morgan fingerprint density at radius 2 is 1.81 bits per heavy atom. The Morgan fingerprint density at radius 3 is 2.56 bits per heavy atom. The van der Waals surface area contributed by atoms with Crippen LogP contribution >= 0.6 is 35.0 Å². The predicted molar refractivity (Wildman–Crippen MR) is 128 cm³/mol. The number of amidine groups is 1. The maximum Gasteiger partial charge on any atom is 0.283 e. The summed E-state index contributed by atoms with van der Waals surface area (Å²) < 4.78 is 14.6. The number of hydrogen-bond acceptors (Lipinski definition) is 4. The number of benzene rings is 3. The molecule has 1 amide bonds. The van der Waals surface area contributed by atoms with Crippen molar-refractivity contribution in [2.45, 2.75) is 5.75 Å². The first-order valence-electron chi connectivity index (χ1n) is 9.43. The number of rotatable bonds is 4. The fourth-order valence-electron chi connectivity index (χ4n) is 3.10. The number of halogens is 3. The van der Waals surface area contributed by atoms with Gasteiger partial charge in [0.15, 0.2) is 5.17 Å². The van der Waals surface area contributed by atoms with Gasteiger partial charge in [-0.2, -0.15) is 5.26 Å². The molecule has 0 saturated carbocycles. The van der Waals surface area contributed by atoms with E-state index in [9.17, 15) is 14.4 Å². The van der Waals surface area contributed by atoms with Gasteiger partial charge >= 0.3 is 0 Å². The van der Waals surface area contributed by atoms with E-state index in [1.807, 2.05) is 12.1 Å². The molecule has 0 aromatic heterocycles. The average molecular weight is 482 g/mol. The number of carbonyl (C=O) groups is 1. The molecule has 0 unspecified atom stereocenters. The van der Waals surface area contributed by atoms with Crippen molar-refractivity contribution in [1.82, 2.24) is 0 Å². The molecule has 1 aliphatic rings. The minimum atomic E-state index is -0.539. The van der Waals surface area contributed by atoms with E-state index >= 15 is 0 Å². The number of aliphatic imine (C=N–C) groups is 1. The summed E-state index contributed by atoms with van der Waals surface area (Å²) in [6.07, 6.45) is 1.58. The molecule has 0 saturated heterocycles. The maximum atomic E-state index is 14.6. The first-order chi connectivity index (χ1) is 15.5. The van der Waals surface area contributed by atoms with Crippen LogP contribution in [0.1, 0.15) is 16.7 Å². The number of amides is 1. The number of para-hydroxylation sites is 1. The average Bonchev–Trinajstić information content (AvgIpc) is 3.10. The molecule has 0 fully saturated rings. The lowest BCUT2D eigenvalue weighted by Gasteiger charge is -2.18. The van der Waals surface area contributed by atoms with Crippen LogP contribution < -0.4 is 4.90 Å². The summed E-state index contributed by atoms with van der Waals surface area (Å²) >= 11 is 13.3. The number of carbonyl (C=O) groups excluding carboxylic acids is 1. The Morgan fingerprint density at radius 1 is 1.06 bits per heavy atom. The Hall–Kier alpha value is -3.11. The molecule has 4 rings (SSSR count). The van der Waals surface area contributed by atoms with Crippen LogP contribution in [0.3, 0.4) is 0 Å². The molecule has 0 radical (unpaired) electrons. The van der Waals surface area contributed by atoms with Crippen molar-refractivity contribution in [3.63, 3.8) is 0 Å². The monoisotopic (exact) mass is 481 g/mol. The highest BCUT2D eigenvalue weighted by Crippen LogP contribution is 2.33. The lowest BCUT2D eigenvalue weighted by Crippen LogP contribution is -2.31. The van der Waals surface area contributed by atoms with Gasteiger partial charge < -0.3 is 0 Å². The number of hydrogen-bond donors (Lipinski definition) is 0. The number of nitriles is 1. The fraction of sp³-hybridized carbons (Fsp3) is 0.0417. The molecular formula is C24H14Cl2FN3OS. The molecule has 0 atom stereocenters. The molecule has 3 aromatic rings. The number of nitrogens with zero attached hydrogens (tertiary/aromatic N) is 3. The van der Waals surface area contributed by atoms with E-state index in [0.717, 1.165) is 5.56 Å². The first kappa shape index (κ1) is 22.1. The van der Waals surface area contributed by atoms with Crippen LogP contribution in [0.15, 0.2) is 77.4 Å². The molecule has 32 heavy (non-hydrogen) atoms. The van der Waals surface area contributed by atoms with Crippen LogP contribution in [0.5, 0.6) is 0 Å². The van der Waals surface area contributed by atoms with E-state index in [1.54, 1.807) is 48.5 Å². The van der Waals surface area contributed by atoms with Crippen LogP contribution in [0.2, 0.25) is 10.0 Å². The van der Waals surface area contributed by atoms with Gasteiger partial charge in [0.1, 0.15) is 11.5 Å². The highest BCUT2D eigenvalue weighted by Gasteiger charge is 2.33. The van der Waals surface area contributed by atoms with Crippen LogP contribution in [0, 0.1) is 17.1 Å². The van der Waals surface area contributed by atoms with Crippen molar-refractivity contribution in [3.05, 3.63) is 105 Å². The lowest BCUT2D eigenvalue weighted by atomic mass is 10.1. The second-order valence-electron chi connectivity index (χ2n) is 6.75. The summed E-state index contributed by atoms with van der Waals surface area (Å²) in [5, 5.41) is 10.4. The summed E-state index contributed by atoms with van der Waals surface area (Å²) in [5.41, 5.74) is 2.22. The van der Waals surface area contributed by atoms with Crippen LogP contribution in [-0.2, 0) is 10.5 Å². The quantitative estimate of drug-likeness (QED) is 0.390. The first-order valence-corrected chi connectivity index (χ1v) is 11.2. The zero-order chi connectivity index (χ0) is 22.7. The van der Waals surface area contributed by atoms with Gasteiger partial charge in [-0.1, -0.05) is 71.4 Å². The molecule has 0 spiro atoms. The summed E-state index contributed by atoms with van der Waals surface area (Å²) in [6, 6.07) is 20.3. The predicted octanol–water partition coefficient (Wildman–Crippen LogP) is 6.68. The summed E-state index contributed by atoms with van der Waals surface area (Å²) in [5.74, 6) is -0.611. The van der Waals surface area contributed by atoms with Crippen molar-refractivity contribution < 1.29 is 9.18 Å². The minimum absolute atomic E-state index is 0.106. The van der Waals surface area contributed by atoms with Crippen molar-refractivity contribution in [1.29, 1.82) is 5.26 Å². The topological polar surface area (TPSA) is 56.5 Å². The van der Waals surface area contributed by atoms with Gasteiger partial charge in [-0.3, -0.25) is 9.69 Å². The maximum absolute atomic E-state index is 14.6. The standard InChI is InChI=1S/C24H14Cl2FN3OS/c25-18-10-9-15(11-19(18)26)12-21-23(31)30(22-8-4-3-7-20(22)27)24(29-21)32-14-17-6-2-1-5-16(17)13-28/h1-12H,14H2. The van der Waals surface area contributed by atoms with Crippen molar-refractivity contribution >= 4 is 57.8 Å². The normalized spacial score (nSPS) is 14.6. The van der Waals surface area contributed by atoms with Gasteiger partial charge in [0.2, 0.25) is 0 Å². The van der Waals surface area contributed by atoms with E-state index < -0.39 is 11.7 Å². The van der Waals surface area contributed by atoms with Gasteiger partial charge in [0.05, 0.1) is 27.4 Å². The molecule has 8 heteroatoms. The van der Waals surface area contributed by atoms with E-state index in [1.165, 1.54) is 28.8 Å². The third kappa shape index (κ3) is 4.56. The van der Waals surface area contributed by atoms with Crippen LogP contribution in [0.4, 0.5) is 10.1 Å². The number of anilines is 1. The molecule has 1 aliphatic heterocycles. The Bertz CT molecular complexity index is 1320. The minimum Gasteiger partial charge on any atom is -0.266 e. The van der Waals surface area contributed by atoms with Gasteiger partial charge in [-0.15, -0.1) is 0 Å². The second kappa shape index (κ2) is 9.58. The van der Waals surface area contributed by atoms with Gasteiger partial charge in [0, 0.05) is 5.75 Å². The molecule has 0 aliphatic carbocycles. The number of thioether (sulfide) groups is 1. The van der Waals surface area contributed by atoms with Crippen LogP contribution in [0.25, 0.3) is 6.08 Å². The second-order valence-corrected chi connectivity index (χ2v) is 8.50. The Labute approximate surface area is 198 Å². The van der Waals surface area contributed by atoms with Crippen molar-refractivity contribution in [3.8, 4) is 6.07 Å². The van der Waals surface area contributed by atoms with Crippen molar-refractivity contribution in [2.24, 2.45) is 4.99 Å².